The third-order valence-electron chi connectivity index (χ3n) is 4.45. The second-order valence-corrected chi connectivity index (χ2v) is 5.91. The summed E-state index contributed by atoms with van der Waals surface area (Å²) in [6.07, 6.45) is 3.34. The summed E-state index contributed by atoms with van der Waals surface area (Å²) in [6, 6.07) is 10.5. The minimum absolute atomic E-state index is 0.0528. The van der Waals surface area contributed by atoms with E-state index in [2.05, 4.69) is 29.2 Å². The number of morpholine rings is 1. The topological polar surface area (TPSA) is 32.8 Å². The first-order chi connectivity index (χ1) is 10.3. The van der Waals surface area contributed by atoms with Crippen LogP contribution in [0.2, 0.25) is 0 Å². The molecule has 0 aromatic heterocycles. The molecule has 0 radical (unpaired) electrons. The van der Waals surface area contributed by atoms with Crippen LogP contribution < -0.4 is 0 Å². The van der Waals surface area contributed by atoms with Gasteiger partial charge in [-0.15, -0.1) is 0 Å². The summed E-state index contributed by atoms with van der Waals surface area (Å²) in [5, 5.41) is 0. The quantitative estimate of drug-likeness (QED) is 0.851. The molecule has 4 heteroatoms. The lowest BCUT2D eigenvalue weighted by atomic mass is 9.99. The highest BCUT2D eigenvalue weighted by atomic mass is 16.5. The van der Waals surface area contributed by atoms with Crippen molar-refractivity contribution in [1.29, 1.82) is 0 Å². The molecule has 3 rings (SSSR count). The number of ether oxygens (including phenoxy) is 1. The van der Waals surface area contributed by atoms with Gasteiger partial charge >= 0.3 is 0 Å². The highest BCUT2D eigenvalue weighted by molar-refractivity contribution is 5.82. The Morgan fingerprint density at radius 1 is 1.10 bits per heavy atom. The minimum Gasteiger partial charge on any atom is -0.378 e. The fourth-order valence-corrected chi connectivity index (χ4v) is 3.27. The SMILES string of the molecule is O=C([C@@H]1CCCCN1Cc1ccccc1)N1CCOCC1. The largest absolute Gasteiger partial charge is 0.378 e. The van der Waals surface area contributed by atoms with Crippen LogP contribution in [0.25, 0.3) is 0 Å². The lowest BCUT2D eigenvalue weighted by Gasteiger charge is -2.38. The van der Waals surface area contributed by atoms with E-state index in [1.54, 1.807) is 0 Å². The number of carbonyl (C=O) groups is 1. The number of nitrogens with zero attached hydrogens (tertiary/aromatic N) is 2. The summed E-state index contributed by atoms with van der Waals surface area (Å²) in [5.74, 6) is 0.300. The van der Waals surface area contributed by atoms with Crippen LogP contribution in [0, 0.1) is 0 Å². The number of benzene rings is 1. The molecular formula is C17H24N2O2. The second-order valence-electron chi connectivity index (χ2n) is 5.91. The van der Waals surface area contributed by atoms with Crippen molar-refractivity contribution in [3.05, 3.63) is 35.9 Å². The number of rotatable bonds is 3. The van der Waals surface area contributed by atoms with Crippen LogP contribution in [-0.2, 0) is 16.1 Å². The molecule has 1 aromatic carbocycles. The zero-order valence-electron chi connectivity index (χ0n) is 12.5. The van der Waals surface area contributed by atoms with Crippen molar-refractivity contribution in [3.63, 3.8) is 0 Å². The predicted octanol–water partition coefficient (Wildman–Crippen LogP) is 1.90. The van der Waals surface area contributed by atoms with E-state index in [0.717, 1.165) is 39.0 Å². The summed E-state index contributed by atoms with van der Waals surface area (Å²) in [5.41, 5.74) is 1.29. The molecule has 1 atom stereocenters. The first-order valence-corrected chi connectivity index (χ1v) is 7.99. The maximum absolute atomic E-state index is 12.8. The van der Waals surface area contributed by atoms with Gasteiger partial charge in [-0.25, -0.2) is 0 Å². The number of piperidine rings is 1. The Morgan fingerprint density at radius 2 is 1.86 bits per heavy atom. The van der Waals surface area contributed by atoms with Crippen molar-refractivity contribution in [3.8, 4) is 0 Å². The molecule has 2 aliphatic heterocycles. The van der Waals surface area contributed by atoms with E-state index in [9.17, 15) is 4.79 Å². The summed E-state index contributed by atoms with van der Waals surface area (Å²) in [4.78, 5) is 17.1. The standard InChI is InChI=1S/C17H24N2O2/c20-17(18-10-12-21-13-11-18)16-8-4-5-9-19(16)14-15-6-2-1-3-7-15/h1-3,6-7,16H,4-5,8-14H2/t16-/m0/s1. The summed E-state index contributed by atoms with van der Waals surface area (Å²) >= 11 is 0. The maximum Gasteiger partial charge on any atom is 0.240 e. The maximum atomic E-state index is 12.8. The molecule has 21 heavy (non-hydrogen) atoms. The highest BCUT2D eigenvalue weighted by Crippen LogP contribution is 2.21. The van der Waals surface area contributed by atoms with Gasteiger partial charge in [-0.3, -0.25) is 9.69 Å². The van der Waals surface area contributed by atoms with Crippen LogP contribution in [0.1, 0.15) is 24.8 Å². The van der Waals surface area contributed by atoms with Crippen LogP contribution in [-0.4, -0.2) is 54.6 Å². The number of likely N-dealkylation sites (tertiary alicyclic amines) is 1. The Bertz CT molecular complexity index is 457. The number of amides is 1. The van der Waals surface area contributed by atoms with Gasteiger partial charge in [0.05, 0.1) is 19.3 Å². The summed E-state index contributed by atoms with van der Waals surface area (Å²) in [7, 11) is 0. The third kappa shape index (κ3) is 3.63. The van der Waals surface area contributed by atoms with Crippen LogP contribution in [0.5, 0.6) is 0 Å². The van der Waals surface area contributed by atoms with E-state index in [-0.39, 0.29) is 6.04 Å². The van der Waals surface area contributed by atoms with Gasteiger partial charge in [0.25, 0.3) is 0 Å². The Labute approximate surface area is 126 Å². The first kappa shape index (κ1) is 14.5. The van der Waals surface area contributed by atoms with Crippen LogP contribution in [0.15, 0.2) is 30.3 Å². The molecule has 2 aliphatic rings. The molecule has 114 valence electrons. The van der Waals surface area contributed by atoms with Crippen molar-refractivity contribution in [2.75, 3.05) is 32.8 Å². The molecular weight excluding hydrogens is 264 g/mol. The van der Waals surface area contributed by atoms with Crippen molar-refractivity contribution in [1.82, 2.24) is 9.80 Å². The minimum atomic E-state index is 0.0528. The summed E-state index contributed by atoms with van der Waals surface area (Å²) < 4.78 is 5.35. The van der Waals surface area contributed by atoms with E-state index in [4.69, 9.17) is 4.74 Å². The number of hydrogen-bond acceptors (Lipinski definition) is 3. The second kappa shape index (κ2) is 7.05. The van der Waals surface area contributed by atoms with Gasteiger partial charge in [-0.1, -0.05) is 36.8 Å². The fourth-order valence-electron chi connectivity index (χ4n) is 3.27. The molecule has 0 N–H and O–H groups in total. The predicted molar refractivity (Wildman–Crippen MR) is 81.9 cm³/mol. The van der Waals surface area contributed by atoms with Gasteiger partial charge in [-0.2, -0.15) is 0 Å². The van der Waals surface area contributed by atoms with Gasteiger partial charge in [0, 0.05) is 19.6 Å². The smallest absolute Gasteiger partial charge is 0.240 e. The van der Waals surface area contributed by atoms with Crippen LogP contribution >= 0.6 is 0 Å². The first-order valence-electron chi connectivity index (χ1n) is 7.99. The Morgan fingerprint density at radius 3 is 2.62 bits per heavy atom. The van der Waals surface area contributed by atoms with Crippen LogP contribution in [0.3, 0.4) is 0 Å². The Hall–Kier alpha value is -1.39. The van der Waals surface area contributed by atoms with E-state index in [1.165, 1.54) is 12.0 Å². The Kier molecular flexibility index (Phi) is 4.88. The molecule has 1 amide bonds. The van der Waals surface area contributed by atoms with E-state index in [0.29, 0.717) is 19.1 Å². The van der Waals surface area contributed by atoms with Gasteiger partial charge in [0.2, 0.25) is 5.91 Å². The molecule has 1 aromatic rings. The molecule has 0 saturated carbocycles. The molecule has 2 fully saturated rings. The fraction of sp³-hybridized carbons (Fsp3) is 0.588. The average molecular weight is 288 g/mol. The molecule has 0 bridgehead atoms. The van der Waals surface area contributed by atoms with Gasteiger partial charge < -0.3 is 9.64 Å². The molecule has 0 aliphatic carbocycles. The third-order valence-corrected chi connectivity index (χ3v) is 4.45. The van der Waals surface area contributed by atoms with Crippen molar-refractivity contribution in [2.24, 2.45) is 0 Å². The van der Waals surface area contributed by atoms with Crippen molar-refractivity contribution in [2.45, 2.75) is 31.8 Å². The van der Waals surface area contributed by atoms with E-state index < -0.39 is 0 Å². The van der Waals surface area contributed by atoms with Crippen molar-refractivity contribution < 1.29 is 9.53 Å². The van der Waals surface area contributed by atoms with Gasteiger partial charge in [0.15, 0.2) is 0 Å². The summed E-state index contributed by atoms with van der Waals surface area (Å²) in [6.45, 7) is 4.74. The van der Waals surface area contributed by atoms with Crippen molar-refractivity contribution >= 4 is 5.91 Å². The number of carbonyl (C=O) groups excluding carboxylic acids is 1. The van der Waals surface area contributed by atoms with Gasteiger partial charge in [0.1, 0.15) is 0 Å². The van der Waals surface area contributed by atoms with Gasteiger partial charge in [-0.05, 0) is 24.9 Å². The Balaban J connectivity index is 1.67. The monoisotopic (exact) mass is 288 g/mol. The highest BCUT2D eigenvalue weighted by Gasteiger charge is 2.32. The molecule has 2 saturated heterocycles. The lowest BCUT2D eigenvalue weighted by Crippen LogP contribution is -2.53. The molecule has 0 spiro atoms. The lowest BCUT2D eigenvalue weighted by molar-refractivity contribution is -0.142. The molecule has 4 nitrogen and oxygen atoms in total. The molecule has 2 heterocycles. The zero-order chi connectivity index (χ0) is 14.5. The van der Waals surface area contributed by atoms with Crippen LogP contribution in [0.4, 0.5) is 0 Å². The average Bonchev–Trinajstić information content (AvgIpc) is 2.56. The molecule has 0 unspecified atom stereocenters. The van der Waals surface area contributed by atoms with E-state index in [1.807, 2.05) is 11.0 Å². The zero-order valence-corrected chi connectivity index (χ0v) is 12.5. The number of hydrogen-bond donors (Lipinski definition) is 0. The normalized spacial score (nSPS) is 24.0. The van der Waals surface area contributed by atoms with E-state index >= 15 is 0 Å².